The number of carbonyl (C=O) groups is 1. The third-order valence-electron chi connectivity index (χ3n) is 7.20. The molecule has 0 saturated heterocycles. The molecular weight excluding hydrogens is 446 g/mol. The minimum Gasteiger partial charge on any atom is -0.456 e. The number of anilines is 2. The minimum absolute atomic E-state index is 0.279. The van der Waals surface area contributed by atoms with E-state index in [2.05, 4.69) is 24.4 Å². The maximum atomic E-state index is 13.8. The standard InChI is InChI=1S/C32H29NO3/c1-2-3-4-6-13-22-20-21-26(33-23-14-7-5-8-15-23)30-29(22)31(34)36-32(30)24-16-9-11-18-27(24)35-28-19-12-10-17-25(28)32/h5,7-12,14-21,33H,2-4,6,13H2,1H3. The number of unbranched alkanes of at least 4 members (excludes halogenated alkanes) is 3. The molecule has 4 nitrogen and oxygen atoms in total. The molecule has 0 radical (unpaired) electrons. The quantitative estimate of drug-likeness (QED) is 0.217. The van der Waals surface area contributed by atoms with Gasteiger partial charge < -0.3 is 14.8 Å². The summed E-state index contributed by atoms with van der Waals surface area (Å²) in [7, 11) is 0. The van der Waals surface area contributed by atoms with E-state index >= 15 is 0 Å². The van der Waals surface area contributed by atoms with Crippen molar-refractivity contribution in [2.45, 2.75) is 44.6 Å². The average molecular weight is 476 g/mol. The van der Waals surface area contributed by atoms with Gasteiger partial charge in [0.2, 0.25) is 0 Å². The van der Waals surface area contributed by atoms with Gasteiger partial charge in [-0.15, -0.1) is 0 Å². The molecule has 36 heavy (non-hydrogen) atoms. The van der Waals surface area contributed by atoms with Crippen LogP contribution in [0.25, 0.3) is 0 Å². The predicted octanol–water partition coefficient (Wildman–Crippen LogP) is 8.12. The van der Waals surface area contributed by atoms with Crippen molar-refractivity contribution in [3.8, 4) is 11.5 Å². The molecular formula is C32H29NO3. The smallest absolute Gasteiger partial charge is 0.340 e. The van der Waals surface area contributed by atoms with Crippen molar-refractivity contribution in [3.05, 3.63) is 119 Å². The van der Waals surface area contributed by atoms with Crippen molar-refractivity contribution >= 4 is 17.3 Å². The first-order valence-electron chi connectivity index (χ1n) is 12.8. The number of ether oxygens (including phenoxy) is 2. The lowest BCUT2D eigenvalue weighted by Gasteiger charge is -2.37. The maximum absolute atomic E-state index is 13.8. The van der Waals surface area contributed by atoms with Gasteiger partial charge in [0.1, 0.15) is 11.5 Å². The van der Waals surface area contributed by atoms with E-state index in [1.165, 1.54) is 12.8 Å². The number of para-hydroxylation sites is 3. The van der Waals surface area contributed by atoms with Crippen LogP contribution < -0.4 is 10.1 Å². The van der Waals surface area contributed by atoms with Gasteiger partial charge in [-0.05, 0) is 48.7 Å². The number of esters is 1. The number of nitrogens with one attached hydrogen (secondary N) is 1. The third-order valence-corrected chi connectivity index (χ3v) is 7.20. The molecule has 2 aliphatic rings. The second-order valence-corrected chi connectivity index (χ2v) is 9.49. The molecule has 1 N–H and O–H groups in total. The van der Waals surface area contributed by atoms with Gasteiger partial charge in [-0.25, -0.2) is 4.79 Å². The van der Waals surface area contributed by atoms with Crippen LogP contribution in [0.3, 0.4) is 0 Å². The van der Waals surface area contributed by atoms with Crippen molar-refractivity contribution in [2.75, 3.05) is 5.32 Å². The van der Waals surface area contributed by atoms with Gasteiger partial charge in [0.15, 0.2) is 5.60 Å². The molecule has 2 heterocycles. The molecule has 0 bridgehead atoms. The summed E-state index contributed by atoms with van der Waals surface area (Å²) in [5.41, 5.74) is 5.01. The summed E-state index contributed by atoms with van der Waals surface area (Å²) in [5, 5.41) is 3.59. The zero-order chi connectivity index (χ0) is 24.5. The van der Waals surface area contributed by atoms with Crippen molar-refractivity contribution in [2.24, 2.45) is 0 Å². The fourth-order valence-electron chi connectivity index (χ4n) is 5.55. The van der Waals surface area contributed by atoms with Crippen LogP contribution in [0.1, 0.15) is 65.2 Å². The second-order valence-electron chi connectivity index (χ2n) is 9.49. The number of aryl methyl sites for hydroxylation is 1. The lowest BCUT2D eigenvalue weighted by molar-refractivity contribution is 0.0225. The number of hydrogen-bond donors (Lipinski definition) is 1. The monoisotopic (exact) mass is 475 g/mol. The van der Waals surface area contributed by atoms with Crippen molar-refractivity contribution in [1.29, 1.82) is 0 Å². The summed E-state index contributed by atoms with van der Waals surface area (Å²) in [4.78, 5) is 13.8. The van der Waals surface area contributed by atoms with Gasteiger partial charge in [0.05, 0.1) is 5.56 Å². The Labute approximate surface area is 211 Å². The van der Waals surface area contributed by atoms with Crippen LogP contribution in [0, 0.1) is 0 Å². The fourth-order valence-corrected chi connectivity index (χ4v) is 5.55. The maximum Gasteiger partial charge on any atom is 0.340 e. The molecule has 180 valence electrons. The lowest BCUT2D eigenvalue weighted by atomic mass is 9.76. The van der Waals surface area contributed by atoms with Gasteiger partial charge in [-0.2, -0.15) is 0 Å². The molecule has 0 fully saturated rings. The highest BCUT2D eigenvalue weighted by Crippen LogP contribution is 2.58. The van der Waals surface area contributed by atoms with E-state index < -0.39 is 5.60 Å². The molecule has 0 aliphatic carbocycles. The zero-order valence-electron chi connectivity index (χ0n) is 20.4. The average Bonchev–Trinajstić information content (AvgIpc) is 3.22. The number of hydrogen-bond acceptors (Lipinski definition) is 4. The molecule has 0 saturated carbocycles. The molecule has 0 aromatic heterocycles. The highest BCUT2D eigenvalue weighted by atomic mass is 16.6. The molecule has 6 rings (SSSR count). The second kappa shape index (κ2) is 9.19. The normalized spacial score (nSPS) is 14.4. The van der Waals surface area contributed by atoms with Gasteiger partial charge >= 0.3 is 5.97 Å². The van der Waals surface area contributed by atoms with E-state index in [4.69, 9.17) is 9.47 Å². The molecule has 0 atom stereocenters. The van der Waals surface area contributed by atoms with Crippen LogP contribution >= 0.6 is 0 Å². The van der Waals surface area contributed by atoms with Crippen molar-refractivity contribution < 1.29 is 14.3 Å². The van der Waals surface area contributed by atoms with E-state index in [9.17, 15) is 4.79 Å². The van der Waals surface area contributed by atoms with Gasteiger partial charge in [-0.1, -0.05) is 86.8 Å². The molecule has 4 heteroatoms. The summed E-state index contributed by atoms with van der Waals surface area (Å²) < 4.78 is 12.8. The highest BCUT2D eigenvalue weighted by molar-refractivity contribution is 6.01. The highest BCUT2D eigenvalue weighted by Gasteiger charge is 2.55. The Balaban J connectivity index is 1.60. The number of carbonyl (C=O) groups excluding carboxylic acids is 1. The Bertz CT molecular complexity index is 1380. The first-order valence-corrected chi connectivity index (χ1v) is 12.8. The minimum atomic E-state index is -1.09. The van der Waals surface area contributed by atoms with E-state index in [1.54, 1.807) is 0 Å². The molecule has 4 aromatic rings. The van der Waals surface area contributed by atoms with Gasteiger partial charge in [0.25, 0.3) is 0 Å². The SMILES string of the molecule is CCCCCCc1ccc(Nc2ccccc2)c2c1C(=O)OC21c2ccccc2Oc2ccccc21. The summed E-state index contributed by atoms with van der Waals surface area (Å²) >= 11 is 0. The Morgan fingerprint density at radius 1 is 0.750 bits per heavy atom. The fraction of sp³-hybridized carbons (Fsp3) is 0.219. The Kier molecular flexibility index (Phi) is 5.73. The molecule has 1 spiro atoms. The van der Waals surface area contributed by atoms with Crippen molar-refractivity contribution in [1.82, 2.24) is 0 Å². The first-order chi connectivity index (χ1) is 17.7. The van der Waals surface area contributed by atoms with E-state index in [0.717, 1.165) is 52.9 Å². The summed E-state index contributed by atoms with van der Waals surface area (Å²) in [6.07, 6.45) is 5.41. The molecule has 4 aromatic carbocycles. The summed E-state index contributed by atoms with van der Waals surface area (Å²) in [6.45, 7) is 2.21. The van der Waals surface area contributed by atoms with Gasteiger partial charge in [-0.3, -0.25) is 0 Å². The zero-order valence-corrected chi connectivity index (χ0v) is 20.4. The van der Waals surface area contributed by atoms with Crippen LogP contribution in [-0.2, 0) is 16.8 Å². The molecule has 0 unspecified atom stereocenters. The van der Waals surface area contributed by atoms with Crippen LogP contribution in [0.15, 0.2) is 91.0 Å². The lowest BCUT2D eigenvalue weighted by Crippen LogP contribution is -2.33. The summed E-state index contributed by atoms with van der Waals surface area (Å²) in [6, 6.07) is 30.0. The van der Waals surface area contributed by atoms with E-state index in [1.807, 2.05) is 78.9 Å². The molecule has 2 aliphatic heterocycles. The van der Waals surface area contributed by atoms with Crippen LogP contribution in [0.5, 0.6) is 11.5 Å². The first kappa shape index (κ1) is 22.4. The van der Waals surface area contributed by atoms with Crippen LogP contribution in [0.2, 0.25) is 0 Å². The Hall–Kier alpha value is -4.05. The predicted molar refractivity (Wildman–Crippen MR) is 142 cm³/mol. The molecule has 0 amide bonds. The largest absolute Gasteiger partial charge is 0.456 e. The Morgan fingerprint density at radius 2 is 1.42 bits per heavy atom. The number of benzene rings is 4. The number of rotatable bonds is 7. The Morgan fingerprint density at radius 3 is 2.11 bits per heavy atom. The van der Waals surface area contributed by atoms with Crippen LogP contribution in [0.4, 0.5) is 11.4 Å². The van der Waals surface area contributed by atoms with Gasteiger partial charge in [0, 0.05) is 28.1 Å². The summed E-state index contributed by atoms with van der Waals surface area (Å²) in [5.74, 6) is 1.13. The van der Waals surface area contributed by atoms with E-state index in [0.29, 0.717) is 17.1 Å². The van der Waals surface area contributed by atoms with E-state index in [-0.39, 0.29) is 5.97 Å². The number of fused-ring (bicyclic) bond motifs is 6. The van der Waals surface area contributed by atoms with Crippen molar-refractivity contribution in [3.63, 3.8) is 0 Å². The topological polar surface area (TPSA) is 47.6 Å². The third kappa shape index (κ3) is 3.56. The van der Waals surface area contributed by atoms with Crippen LogP contribution in [-0.4, -0.2) is 5.97 Å².